The number of aryl methyl sites for hydroxylation is 2. The highest BCUT2D eigenvalue weighted by Crippen LogP contribution is 2.23. The van der Waals surface area contributed by atoms with Crippen LogP contribution in [0.25, 0.3) is 6.08 Å². The lowest BCUT2D eigenvalue weighted by molar-refractivity contribution is -0.137. The number of carbonyl (C=O) groups is 2. The number of methoxy groups -OCH3 is 1. The molecule has 2 aromatic carbocycles. The minimum Gasteiger partial charge on any atom is -0.497 e. The van der Waals surface area contributed by atoms with E-state index in [1.165, 1.54) is 17.2 Å². The van der Waals surface area contributed by atoms with Gasteiger partial charge in [0.25, 0.3) is 0 Å². The van der Waals surface area contributed by atoms with Crippen molar-refractivity contribution in [3.05, 3.63) is 70.3 Å². The number of Topliss-reactive ketones (excluding diaryl/α,β-unsaturated/α-hetero) is 1. The summed E-state index contributed by atoms with van der Waals surface area (Å²) < 4.78 is 10.1. The molecule has 136 valence electrons. The molecule has 3 rings (SSSR count). The quantitative estimate of drug-likeness (QED) is 0.341. The van der Waals surface area contributed by atoms with Gasteiger partial charge in [-0.3, -0.25) is 4.79 Å². The summed E-state index contributed by atoms with van der Waals surface area (Å²) in [5.74, 6) is -0.421. The average Bonchev–Trinajstić information content (AvgIpc) is 3.18. The summed E-state index contributed by atoms with van der Waals surface area (Å²) >= 11 is 0. The van der Waals surface area contributed by atoms with Crippen LogP contribution in [-0.4, -0.2) is 25.5 Å². The van der Waals surface area contributed by atoms with Gasteiger partial charge in [0.15, 0.2) is 12.4 Å². The zero-order chi connectivity index (χ0) is 19.2. The number of fused-ring (bicyclic) bond motifs is 1. The van der Waals surface area contributed by atoms with Crippen LogP contribution in [0.4, 0.5) is 0 Å². The van der Waals surface area contributed by atoms with Gasteiger partial charge in [-0.1, -0.05) is 24.3 Å². The van der Waals surface area contributed by atoms with Gasteiger partial charge in [-0.05, 0) is 60.2 Å². The van der Waals surface area contributed by atoms with Gasteiger partial charge in [0.1, 0.15) is 17.4 Å². The number of hydrogen-bond donors (Lipinski definition) is 0. The highest BCUT2D eigenvalue weighted by Gasteiger charge is 2.17. The molecule has 0 spiro atoms. The van der Waals surface area contributed by atoms with E-state index in [-0.39, 0.29) is 18.0 Å². The number of rotatable bonds is 6. The summed E-state index contributed by atoms with van der Waals surface area (Å²) in [6.07, 6.45) is 4.53. The SMILES string of the molecule is COc1ccc(/C=C(\C#N)C(=O)OCC(=O)c2ccc3c(c2)CCC3)cc1. The molecular formula is C22H19NO4. The fourth-order valence-corrected chi connectivity index (χ4v) is 3.04. The van der Waals surface area contributed by atoms with Crippen molar-refractivity contribution in [2.24, 2.45) is 0 Å². The van der Waals surface area contributed by atoms with E-state index in [2.05, 4.69) is 0 Å². The minimum absolute atomic E-state index is 0.165. The lowest BCUT2D eigenvalue weighted by atomic mass is 10.0. The van der Waals surface area contributed by atoms with Crippen molar-refractivity contribution in [2.75, 3.05) is 13.7 Å². The van der Waals surface area contributed by atoms with E-state index in [0.717, 1.165) is 19.3 Å². The molecule has 0 fully saturated rings. The van der Waals surface area contributed by atoms with Crippen LogP contribution >= 0.6 is 0 Å². The summed E-state index contributed by atoms with van der Waals surface area (Å²) in [7, 11) is 1.56. The van der Waals surface area contributed by atoms with E-state index in [4.69, 9.17) is 9.47 Å². The van der Waals surface area contributed by atoms with Gasteiger partial charge in [-0.15, -0.1) is 0 Å². The van der Waals surface area contributed by atoms with Crippen molar-refractivity contribution in [3.63, 3.8) is 0 Å². The number of esters is 1. The van der Waals surface area contributed by atoms with Gasteiger partial charge in [0, 0.05) is 5.56 Å². The molecule has 0 atom stereocenters. The van der Waals surface area contributed by atoms with Gasteiger partial charge in [-0.2, -0.15) is 5.26 Å². The van der Waals surface area contributed by atoms with E-state index in [1.807, 2.05) is 18.2 Å². The summed E-state index contributed by atoms with van der Waals surface area (Å²) in [6.45, 7) is -0.390. The molecule has 1 aliphatic carbocycles. The molecule has 0 heterocycles. The van der Waals surface area contributed by atoms with Crippen LogP contribution in [0.15, 0.2) is 48.0 Å². The third kappa shape index (κ3) is 4.42. The van der Waals surface area contributed by atoms with Crippen molar-refractivity contribution < 1.29 is 19.1 Å². The predicted molar refractivity (Wildman–Crippen MR) is 100 cm³/mol. The van der Waals surface area contributed by atoms with Crippen LogP contribution in [0, 0.1) is 11.3 Å². The number of ketones is 1. The Morgan fingerprint density at radius 2 is 1.85 bits per heavy atom. The summed E-state index contributed by atoms with van der Waals surface area (Å²) in [5, 5.41) is 9.22. The first-order valence-electron chi connectivity index (χ1n) is 8.68. The zero-order valence-corrected chi connectivity index (χ0v) is 15.0. The fourth-order valence-electron chi connectivity index (χ4n) is 3.04. The number of hydrogen-bond acceptors (Lipinski definition) is 5. The summed E-state index contributed by atoms with van der Waals surface area (Å²) in [6, 6.07) is 14.3. The van der Waals surface area contributed by atoms with E-state index < -0.39 is 5.97 Å². The standard InChI is InChI=1S/C22H19NO4/c1-26-20-9-5-15(6-10-20)11-19(13-23)22(25)27-14-21(24)18-8-7-16-3-2-4-17(16)12-18/h5-12H,2-4,14H2,1H3/b19-11+. The molecule has 0 bridgehead atoms. The van der Waals surface area contributed by atoms with Crippen LogP contribution in [0.5, 0.6) is 5.75 Å². The van der Waals surface area contributed by atoms with Crippen LogP contribution < -0.4 is 4.74 Å². The number of ether oxygens (including phenoxy) is 2. The van der Waals surface area contributed by atoms with Crippen molar-refractivity contribution in [1.29, 1.82) is 5.26 Å². The molecule has 27 heavy (non-hydrogen) atoms. The number of benzene rings is 2. The molecule has 1 aliphatic rings. The van der Waals surface area contributed by atoms with Gasteiger partial charge in [0.05, 0.1) is 7.11 Å². The normalized spacial score (nSPS) is 12.8. The second-order valence-corrected chi connectivity index (χ2v) is 6.28. The Hall–Kier alpha value is -3.39. The Morgan fingerprint density at radius 1 is 1.11 bits per heavy atom. The maximum absolute atomic E-state index is 12.3. The maximum atomic E-state index is 12.3. The van der Waals surface area contributed by atoms with Gasteiger partial charge < -0.3 is 9.47 Å². The minimum atomic E-state index is -0.817. The van der Waals surface area contributed by atoms with E-state index in [9.17, 15) is 14.9 Å². The predicted octanol–water partition coefficient (Wildman–Crippen LogP) is 3.52. The number of nitrogens with zero attached hydrogens (tertiary/aromatic N) is 1. The second-order valence-electron chi connectivity index (χ2n) is 6.28. The molecule has 0 amide bonds. The highest BCUT2D eigenvalue weighted by atomic mass is 16.5. The Morgan fingerprint density at radius 3 is 2.56 bits per heavy atom. The molecule has 0 radical (unpaired) electrons. The molecule has 0 aromatic heterocycles. The highest BCUT2D eigenvalue weighted by molar-refractivity contribution is 6.02. The van der Waals surface area contributed by atoms with Gasteiger partial charge in [-0.25, -0.2) is 4.79 Å². The van der Waals surface area contributed by atoms with Crippen LogP contribution in [0.2, 0.25) is 0 Å². The molecule has 0 saturated heterocycles. The zero-order valence-electron chi connectivity index (χ0n) is 15.0. The van der Waals surface area contributed by atoms with Crippen LogP contribution in [-0.2, 0) is 22.4 Å². The molecule has 0 N–H and O–H groups in total. The maximum Gasteiger partial charge on any atom is 0.349 e. The van der Waals surface area contributed by atoms with E-state index >= 15 is 0 Å². The first kappa shape index (κ1) is 18.4. The number of nitriles is 1. The monoisotopic (exact) mass is 361 g/mol. The first-order chi connectivity index (χ1) is 13.1. The second kappa shape index (κ2) is 8.33. The molecule has 2 aromatic rings. The molecular weight excluding hydrogens is 342 g/mol. The summed E-state index contributed by atoms with van der Waals surface area (Å²) in [4.78, 5) is 24.4. The Labute approximate surface area is 157 Å². The Bertz CT molecular complexity index is 936. The van der Waals surface area contributed by atoms with E-state index in [0.29, 0.717) is 16.9 Å². The topological polar surface area (TPSA) is 76.4 Å². The van der Waals surface area contributed by atoms with Gasteiger partial charge in [0.2, 0.25) is 0 Å². The van der Waals surface area contributed by atoms with E-state index in [1.54, 1.807) is 37.4 Å². The molecule has 0 saturated carbocycles. The molecule has 0 unspecified atom stereocenters. The smallest absolute Gasteiger partial charge is 0.349 e. The largest absolute Gasteiger partial charge is 0.497 e. The fraction of sp³-hybridized carbons (Fsp3) is 0.227. The van der Waals surface area contributed by atoms with Crippen LogP contribution in [0.3, 0.4) is 0 Å². The Balaban J connectivity index is 1.63. The van der Waals surface area contributed by atoms with Crippen molar-refractivity contribution in [1.82, 2.24) is 0 Å². The lowest BCUT2D eigenvalue weighted by Gasteiger charge is -2.06. The molecule has 5 heteroatoms. The van der Waals surface area contributed by atoms with Crippen molar-refractivity contribution >= 4 is 17.8 Å². The molecule has 0 aliphatic heterocycles. The summed E-state index contributed by atoms with van der Waals surface area (Å²) in [5.41, 5.74) is 3.49. The first-order valence-corrected chi connectivity index (χ1v) is 8.68. The third-order valence-electron chi connectivity index (χ3n) is 4.52. The third-order valence-corrected chi connectivity index (χ3v) is 4.52. The van der Waals surface area contributed by atoms with Crippen LogP contribution in [0.1, 0.15) is 33.5 Å². The number of carbonyl (C=O) groups excluding carboxylic acids is 2. The molecule has 5 nitrogen and oxygen atoms in total. The lowest BCUT2D eigenvalue weighted by Crippen LogP contribution is -2.15. The van der Waals surface area contributed by atoms with Gasteiger partial charge >= 0.3 is 5.97 Å². The Kier molecular flexibility index (Phi) is 5.68. The van der Waals surface area contributed by atoms with Crippen molar-refractivity contribution in [3.8, 4) is 11.8 Å². The van der Waals surface area contributed by atoms with Crippen molar-refractivity contribution in [2.45, 2.75) is 19.3 Å². The average molecular weight is 361 g/mol.